The van der Waals surface area contributed by atoms with E-state index in [2.05, 4.69) is 10.5 Å². The van der Waals surface area contributed by atoms with Gasteiger partial charge in [0.05, 0.1) is 13.0 Å². The zero-order valence-electron chi connectivity index (χ0n) is 12.0. The number of carbonyl (C=O) groups is 1. The fourth-order valence-electron chi connectivity index (χ4n) is 2.16. The molecule has 1 aromatic heterocycles. The summed E-state index contributed by atoms with van der Waals surface area (Å²) in [6, 6.07) is 17.0. The molecule has 0 bridgehead atoms. The standard InChI is InChI=1S/C17H16N2O3/c20-17(18-10-11-21-13-6-2-1-3-7-13)12-15-14-8-4-5-9-16(14)22-19-15/h1-9H,10-12H2,(H,18,20). The molecule has 0 atom stereocenters. The summed E-state index contributed by atoms with van der Waals surface area (Å²) < 4.78 is 10.7. The molecule has 0 spiro atoms. The second-order valence-electron chi connectivity index (χ2n) is 4.81. The minimum atomic E-state index is -0.101. The first-order valence-electron chi connectivity index (χ1n) is 7.11. The summed E-state index contributed by atoms with van der Waals surface area (Å²) in [7, 11) is 0. The molecule has 0 aliphatic rings. The van der Waals surface area contributed by atoms with Crippen LogP contribution in [0, 0.1) is 0 Å². The summed E-state index contributed by atoms with van der Waals surface area (Å²) in [5, 5.41) is 7.63. The van der Waals surface area contributed by atoms with Gasteiger partial charge in [-0.05, 0) is 24.3 Å². The molecule has 112 valence electrons. The molecule has 0 saturated heterocycles. The summed E-state index contributed by atoms with van der Waals surface area (Å²) in [4.78, 5) is 11.9. The predicted molar refractivity (Wildman–Crippen MR) is 82.7 cm³/mol. The lowest BCUT2D eigenvalue weighted by atomic mass is 10.2. The topological polar surface area (TPSA) is 64.4 Å². The smallest absolute Gasteiger partial charge is 0.226 e. The molecule has 3 rings (SSSR count). The van der Waals surface area contributed by atoms with Gasteiger partial charge < -0.3 is 14.6 Å². The molecular weight excluding hydrogens is 280 g/mol. The average Bonchev–Trinajstić information content (AvgIpc) is 2.96. The quantitative estimate of drug-likeness (QED) is 0.710. The first-order valence-corrected chi connectivity index (χ1v) is 7.11. The van der Waals surface area contributed by atoms with Crippen LogP contribution >= 0.6 is 0 Å². The fourth-order valence-corrected chi connectivity index (χ4v) is 2.16. The Morgan fingerprint density at radius 2 is 1.86 bits per heavy atom. The van der Waals surface area contributed by atoms with Crippen molar-refractivity contribution in [2.24, 2.45) is 0 Å². The summed E-state index contributed by atoms with van der Waals surface area (Å²) in [6.07, 6.45) is 0.197. The van der Waals surface area contributed by atoms with Crippen molar-refractivity contribution in [1.29, 1.82) is 0 Å². The monoisotopic (exact) mass is 296 g/mol. The molecule has 22 heavy (non-hydrogen) atoms. The molecule has 5 heteroatoms. The minimum absolute atomic E-state index is 0.101. The van der Waals surface area contributed by atoms with E-state index in [1.54, 1.807) is 0 Å². The van der Waals surface area contributed by atoms with Crippen LogP contribution in [0.2, 0.25) is 0 Å². The lowest BCUT2D eigenvalue weighted by Gasteiger charge is -2.07. The second-order valence-corrected chi connectivity index (χ2v) is 4.81. The Labute approximate surface area is 127 Å². The van der Waals surface area contributed by atoms with E-state index in [0.717, 1.165) is 11.1 Å². The predicted octanol–water partition coefficient (Wildman–Crippen LogP) is 2.57. The Balaban J connectivity index is 1.47. The highest BCUT2D eigenvalue weighted by Crippen LogP contribution is 2.17. The Morgan fingerprint density at radius 1 is 1.09 bits per heavy atom. The summed E-state index contributed by atoms with van der Waals surface area (Å²) in [5.74, 6) is 0.690. The van der Waals surface area contributed by atoms with Crippen LogP contribution in [-0.4, -0.2) is 24.2 Å². The van der Waals surface area contributed by atoms with E-state index in [-0.39, 0.29) is 12.3 Å². The Kier molecular flexibility index (Phi) is 4.34. The van der Waals surface area contributed by atoms with Crippen LogP contribution in [-0.2, 0) is 11.2 Å². The van der Waals surface area contributed by atoms with Gasteiger partial charge in [0.25, 0.3) is 0 Å². The van der Waals surface area contributed by atoms with Crippen molar-refractivity contribution in [3.05, 3.63) is 60.3 Å². The highest BCUT2D eigenvalue weighted by atomic mass is 16.5. The lowest BCUT2D eigenvalue weighted by Crippen LogP contribution is -2.29. The highest BCUT2D eigenvalue weighted by molar-refractivity contribution is 5.86. The molecule has 2 aromatic carbocycles. The minimum Gasteiger partial charge on any atom is -0.492 e. The van der Waals surface area contributed by atoms with Gasteiger partial charge in [-0.1, -0.05) is 35.5 Å². The van der Waals surface area contributed by atoms with Crippen LogP contribution in [0.25, 0.3) is 11.0 Å². The molecule has 0 radical (unpaired) electrons. The molecule has 3 aromatic rings. The van der Waals surface area contributed by atoms with Crippen LogP contribution < -0.4 is 10.1 Å². The molecule has 1 N–H and O–H groups in total. The van der Waals surface area contributed by atoms with Crippen LogP contribution in [0.5, 0.6) is 5.75 Å². The summed E-state index contributed by atoms with van der Waals surface area (Å²) in [5.41, 5.74) is 1.34. The third kappa shape index (κ3) is 3.44. The van der Waals surface area contributed by atoms with Crippen molar-refractivity contribution < 1.29 is 14.1 Å². The normalized spacial score (nSPS) is 10.5. The first-order chi connectivity index (χ1) is 10.8. The number of fused-ring (bicyclic) bond motifs is 1. The number of nitrogens with zero attached hydrogens (tertiary/aromatic N) is 1. The number of amides is 1. The number of ether oxygens (including phenoxy) is 1. The molecule has 0 saturated carbocycles. The maximum atomic E-state index is 11.9. The van der Waals surface area contributed by atoms with E-state index in [4.69, 9.17) is 9.26 Å². The van der Waals surface area contributed by atoms with Gasteiger partial charge in [-0.25, -0.2) is 0 Å². The average molecular weight is 296 g/mol. The molecule has 0 unspecified atom stereocenters. The van der Waals surface area contributed by atoms with Gasteiger partial charge in [0.1, 0.15) is 18.1 Å². The van der Waals surface area contributed by atoms with E-state index in [0.29, 0.717) is 24.4 Å². The molecular formula is C17H16N2O3. The van der Waals surface area contributed by atoms with Crippen LogP contribution in [0.15, 0.2) is 59.1 Å². The van der Waals surface area contributed by atoms with Gasteiger partial charge in [-0.3, -0.25) is 4.79 Å². The van der Waals surface area contributed by atoms with Gasteiger partial charge in [0.2, 0.25) is 5.91 Å². The fraction of sp³-hybridized carbons (Fsp3) is 0.176. The number of aromatic nitrogens is 1. The van der Waals surface area contributed by atoms with Gasteiger partial charge in [0, 0.05) is 5.39 Å². The molecule has 0 aliphatic carbocycles. The highest BCUT2D eigenvalue weighted by Gasteiger charge is 2.11. The van der Waals surface area contributed by atoms with Crippen LogP contribution in [0.1, 0.15) is 5.69 Å². The number of nitrogens with one attached hydrogen (secondary N) is 1. The summed E-state index contributed by atoms with van der Waals surface area (Å²) in [6.45, 7) is 0.874. The zero-order valence-corrected chi connectivity index (χ0v) is 12.0. The number of rotatable bonds is 6. The molecule has 5 nitrogen and oxygen atoms in total. The Bertz CT molecular complexity index is 753. The van der Waals surface area contributed by atoms with Crippen molar-refractivity contribution in [3.63, 3.8) is 0 Å². The van der Waals surface area contributed by atoms with Crippen LogP contribution in [0.3, 0.4) is 0 Å². The van der Waals surface area contributed by atoms with E-state index >= 15 is 0 Å². The lowest BCUT2D eigenvalue weighted by molar-refractivity contribution is -0.120. The van der Waals surface area contributed by atoms with E-state index < -0.39 is 0 Å². The van der Waals surface area contributed by atoms with Gasteiger partial charge in [-0.2, -0.15) is 0 Å². The SMILES string of the molecule is O=C(Cc1noc2ccccc12)NCCOc1ccccc1. The maximum absolute atomic E-state index is 11.9. The van der Waals surface area contributed by atoms with Gasteiger partial charge in [0.15, 0.2) is 5.58 Å². The van der Waals surface area contributed by atoms with Gasteiger partial charge >= 0.3 is 0 Å². The molecule has 1 heterocycles. The van der Waals surface area contributed by atoms with E-state index in [1.807, 2.05) is 54.6 Å². The number of para-hydroxylation sites is 2. The van der Waals surface area contributed by atoms with Crippen molar-refractivity contribution in [2.45, 2.75) is 6.42 Å². The van der Waals surface area contributed by atoms with Crippen molar-refractivity contribution in [3.8, 4) is 5.75 Å². The number of benzene rings is 2. The first kappa shape index (κ1) is 14.1. The van der Waals surface area contributed by atoms with E-state index in [9.17, 15) is 4.79 Å². The Hall–Kier alpha value is -2.82. The van der Waals surface area contributed by atoms with Crippen molar-refractivity contribution in [2.75, 3.05) is 13.2 Å². The molecule has 0 fully saturated rings. The largest absolute Gasteiger partial charge is 0.492 e. The Morgan fingerprint density at radius 3 is 2.73 bits per heavy atom. The van der Waals surface area contributed by atoms with Crippen molar-refractivity contribution >= 4 is 16.9 Å². The zero-order chi connectivity index (χ0) is 15.2. The maximum Gasteiger partial charge on any atom is 0.226 e. The number of carbonyl (C=O) groups excluding carboxylic acids is 1. The van der Waals surface area contributed by atoms with Crippen molar-refractivity contribution in [1.82, 2.24) is 10.5 Å². The number of hydrogen-bond acceptors (Lipinski definition) is 4. The van der Waals surface area contributed by atoms with E-state index in [1.165, 1.54) is 0 Å². The number of hydrogen-bond donors (Lipinski definition) is 1. The summed E-state index contributed by atoms with van der Waals surface area (Å²) >= 11 is 0. The second kappa shape index (κ2) is 6.76. The van der Waals surface area contributed by atoms with Gasteiger partial charge in [-0.15, -0.1) is 0 Å². The molecule has 1 amide bonds. The third-order valence-corrected chi connectivity index (χ3v) is 3.22. The van der Waals surface area contributed by atoms with Crippen LogP contribution in [0.4, 0.5) is 0 Å². The third-order valence-electron chi connectivity index (χ3n) is 3.22. The molecule has 0 aliphatic heterocycles.